The molecule has 1 aromatic carbocycles. The topological polar surface area (TPSA) is 20.2 Å². The summed E-state index contributed by atoms with van der Waals surface area (Å²) in [6.07, 6.45) is 7.51. The van der Waals surface area contributed by atoms with Crippen LogP contribution in [0.2, 0.25) is 0 Å². The van der Waals surface area contributed by atoms with Gasteiger partial charge >= 0.3 is 0 Å². The van der Waals surface area contributed by atoms with Gasteiger partial charge in [0.1, 0.15) is 0 Å². The molecule has 0 spiro atoms. The van der Waals surface area contributed by atoms with Gasteiger partial charge in [0, 0.05) is 4.47 Å². The van der Waals surface area contributed by atoms with Crippen molar-refractivity contribution in [2.45, 2.75) is 51.0 Å². The van der Waals surface area contributed by atoms with Gasteiger partial charge in [-0.3, -0.25) is 0 Å². The van der Waals surface area contributed by atoms with Gasteiger partial charge in [-0.05, 0) is 43.4 Å². The van der Waals surface area contributed by atoms with Crippen LogP contribution in [0.5, 0.6) is 0 Å². The van der Waals surface area contributed by atoms with Gasteiger partial charge in [-0.1, -0.05) is 53.7 Å². The van der Waals surface area contributed by atoms with E-state index in [1.807, 2.05) is 31.2 Å². The van der Waals surface area contributed by atoms with Crippen LogP contribution in [0.3, 0.4) is 0 Å². The van der Waals surface area contributed by atoms with Crippen molar-refractivity contribution in [3.05, 3.63) is 34.3 Å². The minimum absolute atomic E-state index is 0.677. The van der Waals surface area contributed by atoms with E-state index in [1.165, 1.54) is 25.7 Å². The van der Waals surface area contributed by atoms with Crippen molar-refractivity contribution in [1.29, 1.82) is 0 Å². The molecule has 94 valence electrons. The molecule has 0 bridgehead atoms. The fourth-order valence-electron chi connectivity index (χ4n) is 2.74. The zero-order valence-corrected chi connectivity index (χ0v) is 12.0. The summed E-state index contributed by atoms with van der Waals surface area (Å²) in [6, 6.07) is 8.02. The van der Waals surface area contributed by atoms with Gasteiger partial charge in [-0.15, -0.1) is 0 Å². The Morgan fingerprint density at radius 2 is 1.82 bits per heavy atom. The summed E-state index contributed by atoms with van der Waals surface area (Å²) in [5.74, 6) is 0.844. The number of aliphatic hydroxyl groups is 1. The van der Waals surface area contributed by atoms with Gasteiger partial charge < -0.3 is 5.11 Å². The number of benzene rings is 1. The molecule has 1 atom stereocenters. The highest BCUT2D eigenvalue weighted by Crippen LogP contribution is 2.34. The maximum absolute atomic E-state index is 10.5. The maximum atomic E-state index is 10.5. The van der Waals surface area contributed by atoms with E-state index in [0.717, 1.165) is 28.8 Å². The minimum atomic E-state index is -0.677. The monoisotopic (exact) mass is 296 g/mol. The Hall–Kier alpha value is -0.340. The highest BCUT2D eigenvalue weighted by Gasteiger charge is 2.25. The molecular weight excluding hydrogens is 276 g/mol. The lowest BCUT2D eigenvalue weighted by Crippen LogP contribution is -2.21. The van der Waals surface area contributed by atoms with Gasteiger partial charge in [0.05, 0.1) is 5.60 Å². The molecule has 1 aliphatic carbocycles. The fraction of sp³-hybridized carbons (Fsp3) is 0.600. The van der Waals surface area contributed by atoms with Crippen LogP contribution >= 0.6 is 15.9 Å². The molecule has 1 nitrogen and oxygen atoms in total. The Morgan fingerprint density at radius 3 is 2.41 bits per heavy atom. The normalized spacial score (nSPS) is 20.4. The molecule has 1 unspecified atom stereocenters. The van der Waals surface area contributed by atoms with Crippen LogP contribution in [0, 0.1) is 5.92 Å². The summed E-state index contributed by atoms with van der Waals surface area (Å²) in [5.41, 5.74) is 0.349. The van der Waals surface area contributed by atoms with E-state index in [-0.39, 0.29) is 0 Å². The quantitative estimate of drug-likeness (QED) is 0.859. The first kappa shape index (κ1) is 13.1. The molecule has 0 heterocycles. The average Bonchev–Trinajstić information content (AvgIpc) is 2.80. The fourth-order valence-corrected chi connectivity index (χ4v) is 3.00. The van der Waals surface area contributed by atoms with Crippen LogP contribution in [0.25, 0.3) is 0 Å². The third kappa shape index (κ3) is 3.56. The molecule has 0 radical (unpaired) electrons. The second-order valence-electron chi connectivity index (χ2n) is 5.47. The number of hydrogen-bond acceptors (Lipinski definition) is 1. The SMILES string of the molecule is CC(O)(CCC1CCCC1)c1ccc(Br)cc1. The van der Waals surface area contributed by atoms with E-state index in [1.54, 1.807) is 0 Å². The second kappa shape index (κ2) is 5.53. The Kier molecular flexibility index (Phi) is 4.26. The Labute approximate surface area is 112 Å². The molecule has 0 amide bonds. The maximum Gasteiger partial charge on any atom is 0.0868 e. The summed E-state index contributed by atoms with van der Waals surface area (Å²) in [4.78, 5) is 0. The first-order valence-electron chi connectivity index (χ1n) is 6.56. The number of halogens is 1. The molecule has 0 aliphatic heterocycles. The number of hydrogen-bond donors (Lipinski definition) is 1. The highest BCUT2D eigenvalue weighted by atomic mass is 79.9. The molecule has 1 saturated carbocycles. The van der Waals surface area contributed by atoms with E-state index >= 15 is 0 Å². The van der Waals surface area contributed by atoms with Crippen LogP contribution in [0.1, 0.15) is 51.0 Å². The smallest absolute Gasteiger partial charge is 0.0868 e. The zero-order valence-electron chi connectivity index (χ0n) is 10.5. The summed E-state index contributed by atoms with van der Waals surface area (Å²) in [6.45, 7) is 1.94. The summed E-state index contributed by atoms with van der Waals surface area (Å²) in [5, 5.41) is 10.5. The van der Waals surface area contributed by atoms with E-state index in [0.29, 0.717) is 0 Å². The molecule has 1 aromatic rings. The molecule has 2 heteroatoms. The molecule has 2 rings (SSSR count). The largest absolute Gasteiger partial charge is 0.385 e. The van der Waals surface area contributed by atoms with Crippen LogP contribution < -0.4 is 0 Å². The predicted octanol–water partition coefficient (Wildman–Crippen LogP) is 4.63. The minimum Gasteiger partial charge on any atom is -0.385 e. The first-order chi connectivity index (χ1) is 8.08. The van der Waals surface area contributed by atoms with Crippen molar-refractivity contribution in [2.75, 3.05) is 0 Å². The van der Waals surface area contributed by atoms with Crippen LogP contribution in [-0.4, -0.2) is 5.11 Å². The van der Waals surface area contributed by atoms with Gasteiger partial charge in [0.15, 0.2) is 0 Å². The second-order valence-corrected chi connectivity index (χ2v) is 6.39. The van der Waals surface area contributed by atoms with Gasteiger partial charge in [-0.2, -0.15) is 0 Å². The van der Waals surface area contributed by atoms with Crippen molar-refractivity contribution in [3.8, 4) is 0 Å². The van der Waals surface area contributed by atoms with Crippen LogP contribution in [0.4, 0.5) is 0 Å². The van der Waals surface area contributed by atoms with E-state index in [9.17, 15) is 5.11 Å². The third-order valence-electron chi connectivity index (χ3n) is 3.98. The van der Waals surface area contributed by atoms with Crippen molar-refractivity contribution >= 4 is 15.9 Å². The Morgan fingerprint density at radius 1 is 1.24 bits per heavy atom. The molecule has 1 fully saturated rings. The third-order valence-corrected chi connectivity index (χ3v) is 4.51. The van der Waals surface area contributed by atoms with E-state index in [2.05, 4.69) is 15.9 Å². The van der Waals surface area contributed by atoms with Crippen molar-refractivity contribution < 1.29 is 5.11 Å². The Bertz CT molecular complexity index is 350. The lowest BCUT2D eigenvalue weighted by molar-refractivity contribution is 0.0409. The molecule has 0 aromatic heterocycles. The molecule has 1 aliphatic rings. The summed E-state index contributed by atoms with van der Waals surface area (Å²) in [7, 11) is 0. The first-order valence-corrected chi connectivity index (χ1v) is 7.36. The predicted molar refractivity (Wildman–Crippen MR) is 74.9 cm³/mol. The molecule has 1 N–H and O–H groups in total. The Balaban J connectivity index is 1.94. The van der Waals surface area contributed by atoms with Gasteiger partial charge in [-0.25, -0.2) is 0 Å². The lowest BCUT2D eigenvalue weighted by atomic mass is 9.87. The standard InChI is InChI=1S/C15H21BrO/c1-15(17,11-10-12-4-2-3-5-12)13-6-8-14(16)9-7-13/h6-9,12,17H,2-5,10-11H2,1H3. The molecule has 17 heavy (non-hydrogen) atoms. The van der Waals surface area contributed by atoms with Gasteiger partial charge in [0.25, 0.3) is 0 Å². The van der Waals surface area contributed by atoms with Gasteiger partial charge in [0.2, 0.25) is 0 Å². The summed E-state index contributed by atoms with van der Waals surface area (Å²) >= 11 is 3.42. The highest BCUT2D eigenvalue weighted by molar-refractivity contribution is 9.10. The van der Waals surface area contributed by atoms with Crippen LogP contribution in [0.15, 0.2) is 28.7 Å². The van der Waals surface area contributed by atoms with E-state index in [4.69, 9.17) is 0 Å². The van der Waals surface area contributed by atoms with Crippen LogP contribution in [-0.2, 0) is 5.60 Å². The summed E-state index contributed by atoms with van der Waals surface area (Å²) < 4.78 is 1.06. The lowest BCUT2D eigenvalue weighted by Gasteiger charge is -2.25. The molecule has 0 saturated heterocycles. The zero-order chi connectivity index (χ0) is 12.3. The van der Waals surface area contributed by atoms with E-state index < -0.39 is 5.60 Å². The van der Waals surface area contributed by atoms with Crippen molar-refractivity contribution in [2.24, 2.45) is 5.92 Å². The van der Waals surface area contributed by atoms with Crippen molar-refractivity contribution in [3.63, 3.8) is 0 Å². The number of rotatable bonds is 4. The van der Waals surface area contributed by atoms with Crippen molar-refractivity contribution in [1.82, 2.24) is 0 Å². The molecular formula is C15H21BrO. The average molecular weight is 297 g/mol.